The molecule has 0 heterocycles. The largest absolute Gasteiger partial charge is 0.324 e. The molecule has 1 N–H and O–H groups in total. The summed E-state index contributed by atoms with van der Waals surface area (Å²) in [7, 11) is 0. The minimum atomic E-state index is -0.406. The third-order valence-corrected chi connectivity index (χ3v) is 3.55. The second-order valence-electron chi connectivity index (χ2n) is 4.97. The van der Waals surface area contributed by atoms with Gasteiger partial charge in [0.2, 0.25) is 11.8 Å². The number of nitrogens with zero attached hydrogens (tertiary/aromatic N) is 2. The van der Waals surface area contributed by atoms with E-state index in [4.69, 9.17) is 28.5 Å². The van der Waals surface area contributed by atoms with Crippen molar-refractivity contribution in [3.05, 3.63) is 58.1 Å². The van der Waals surface area contributed by atoms with Crippen LogP contribution in [0.3, 0.4) is 0 Å². The second-order valence-corrected chi connectivity index (χ2v) is 5.85. The summed E-state index contributed by atoms with van der Waals surface area (Å²) in [5.74, 6) is -0.731. The molecule has 0 saturated heterocycles. The molecule has 2 aromatic rings. The number of benzene rings is 2. The average molecular weight is 362 g/mol. The van der Waals surface area contributed by atoms with Crippen LogP contribution in [0.25, 0.3) is 0 Å². The van der Waals surface area contributed by atoms with Crippen LogP contribution >= 0.6 is 23.2 Å². The van der Waals surface area contributed by atoms with Gasteiger partial charge in [0.05, 0.1) is 11.6 Å². The van der Waals surface area contributed by atoms with E-state index in [1.165, 1.54) is 11.8 Å². The number of nitriles is 1. The van der Waals surface area contributed by atoms with Crippen LogP contribution in [0.5, 0.6) is 0 Å². The fourth-order valence-electron chi connectivity index (χ4n) is 2.09. The Morgan fingerprint density at radius 1 is 1.17 bits per heavy atom. The van der Waals surface area contributed by atoms with Gasteiger partial charge in [-0.1, -0.05) is 29.3 Å². The number of hydrogen-bond donors (Lipinski definition) is 1. The molecule has 0 bridgehead atoms. The summed E-state index contributed by atoms with van der Waals surface area (Å²) in [6, 6.07) is 13.1. The van der Waals surface area contributed by atoms with Crippen molar-refractivity contribution in [2.75, 3.05) is 16.8 Å². The predicted molar refractivity (Wildman–Crippen MR) is 94.3 cm³/mol. The zero-order valence-corrected chi connectivity index (χ0v) is 14.2. The van der Waals surface area contributed by atoms with Crippen LogP contribution < -0.4 is 10.2 Å². The highest BCUT2D eigenvalue weighted by Gasteiger charge is 2.17. The molecule has 0 aromatic heterocycles. The van der Waals surface area contributed by atoms with Crippen LogP contribution in [0.1, 0.15) is 12.5 Å². The van der Waals surface area contributed by atoms with Crippen molar-refractivity contribution in [1.29, 1.82) is 5.26 Å². The average Bonchev–Trinajstić information content (AvgIpc) is 2.51. The lowest BCUT2D eigenvalue weighted by atomic mass is 10.2. The van der Waals surface area contributed by atoms with Crippen LogP contribution in [0.15, 0.2) is 42.5 Å². The molecule has 0 unspecified atom stereocenters. The van der Waals surface area contributed by atoms with Crippen LogP contribution in [0.4, 0.5) is 11.4 Å². The third kappa shape index (κ3) is 4.72. The van der Waals surface area contributed by atoms with E-state index in [1.54, 1.807) is 42.5 Å². The van der Waals surface area contributed by atoms with Crippen molar-refractivity contribution in [3.8, 4) is 6.07 Å². The predicted octanol–water partition coefficient (Wildman–Crippen LogP) is 3.86. The van der Waals surface area contributed by atoms with Gasteiger partial charge in [0.15, 0.2) is 0 Å². The maximum absolute atomic E-state index is 12.2. The molecular formula is C17H13Cl2N3O2. The Morgan fingerprint density at radius 3 is 2.42 bits per heavy atom. The zero-order valence-electron chi connectivity index (χ0n) is 12.7. The van der Waals surface area contributed by atoms with Gasteiger partial charge in [0.25, 0.3) is 0 Å². The van der Waals surface area contributed by atoms with Crippen molar-refractivity contribution in [3.63, 3.8) is 0 Å². The summed E-state index contributed by atoms with van der Waals surface area (Å²) < 4.78 is 0. The standard InChI is InChI=1S/C17H13Cl2N3O2/c1-11(23)22(16-7-13(18)6-14(19)8-16)10-17(24)21-15-4-2-3-12(5-15)9-20/h2-8H,10H2,1H3,(H,21,24). The monoisotopic (exact) mass is 361 g/mol. The van der Waals surface area contributed by atoms with E-state index < -0.39 is 5.91 Å². The lowest BCUT2D eigenvalue weighted by Crippen LogP contribution is -2.36. The Hall–Kier alpha value is -2.55. The molecule has 24 heavy (non-hydrogen) atoms. The Morgan fingerprint density at radius 2 is 1.83 bits per heavy atom. The van der Waals surface area contributed by atoms with Crippen molar-refractivity contribution >= 4 is 46.4 Å². The first-order valence-electron chi connectivity index (χ1n) is 6.93. The van der Waals surface area contributed by atoms with Crippen molar-refractivity contribution in [2.45, 2.75) is 6.92 Å². The molecule has 0 radical (unpaired) electrons. The molecule has 2 aromatic carbocycles. The minimum absolute atomic E-state index is 0.206. The summed E-state index contributed by atoms with van der Waals surface area (Å²) in [4.78, 5) is 25.4. The first-order valence-corrected chi connectivity index (χ1v) is 7.69. The maximum atomic E-state index is 12.2. The number of carbonyl (C=O) groups is 2. The Kier molecular flexibility index (Phi) is 5.80. The summed E-state index contributed by atoms with van der Waals surface area (Å²) in [5.41, 5.74) is 1.34. The number of amides is 2. The molecule has 122 valence electrons. The molecule has 7 heteroatoms. The van der Waals surface area contributed by atoms with Gasteiger partial charge in [-0.15, -0.1) is 0 Å². The number of halogens is 2. The maximum Gasteiger partial charge on any atom is 0.244 e. The van der Waals surface area contributed by atoms with Gasteiger partial charge in [0, 0.05) is 28.3 Å². The normalized spacial score (nSPS) is 9.92. The fraction of sp³-hybridized carbons (Fsp3) is 0.118. The van der Waals surface area contributed by atoms with Gasteiger partial charge in [-0.25, -0.2) is 0 Å². The Bertz CT molecular complexity index is 811. The molecule has 0 atom stereocenters. The smallest absolute Gasteiger partial charge is 0.244 e. The first-order chi connectivity index (χ1) is 11.4. The lowest BCUT2D eigenvalue weighted by molar-refractivity contribution is -0.120. The van der Waals surface area contributed by atoms with Gasteiger partial charge in [-0.2, -0.15) is 5.26 Å². The SMILES string of the molecule is CC(=O)N(CC(=O)Nc1cccc(C#N)c1)c1cc(Cl)cc(Cl)c1. The highest BCUT2D eigenvalue weighted by molar-refractivity contribution is 6.35. The topological polar surface area (TPSA) is 73.2 Å². The number of anilines is 2. The summed E-state index contributed by atoms with van der Waals surface area (Å²) in [5, 5.41) is 12.3. The molecule has 0 aliphatic heterocycles. The minimum Gasteiger partial charge on any atom is -0.324 e. The van der Waals surface area contributed by atoms with Gasteiger partial charge >= 0.3 is 0 Å². The number of hydrogen-bond acceptors (Lipinski definition) is 3. The Balaban J connectivity index is 2.17. The van der Waals surface area contributed by atoms with Gasteiger partial charge in [0.1, 0.15) is 6.54 Å². The van der Waals surface area contributed by atoms with E-state index in [0.29, 0.717) is 27.0 Å². The third-order valence-electron chi connectivity index (χ3n) is 3.12. The van der Waals surface area contributed by atoms with Crippen LogP contribution in [-0.2, 0) is 9.59 Å². The van der Waals surface area contributed by atoms with Crippen LogP contribution in [0, 0.1) is 11.3 Å². The highest BCUT2D eigenvalue weighted by Crippen LogP contribution is 2.25. The molecule has 0 aliphatic carbocycles. The number of carbonyl (C=O) groups excluding carboxylic acids is 2. The molecule has 2 amide bonds. The molecule has 5 nitrogen and oxygen atoms in total. The van der Waals surface area contributed by atoms with E-state index in [0.717, 1.165) is 0 Å². The molecule has 2 rings (SSSR count). The van der Waals surface area contributed by atoms with E-state index in [1.807, 2.05) is 6.07 Å². The Labute approximate surface area is 149 Å². The van der Waals surface area contributed by atoms with Crippen LogP contribution in [-0.4, -0.2) is 18.4 Å². The zero-order chi connectivity index (χ0) is 17.7. The van der Waals surface area contributed by atoms with E-state index in [2.05, 4.69) is 5.32 Å². The molecular weight excluding hydrogens is 349 g/mol. The van der Waals surface area contributed by atoms with Crippen molar-refractivity contribution in [2.24, 2.45) is 0 Å². The lowest BCUT2D eigenvalue weighted by Gasteiger charge is -2.21. The molecule has 0 fully saturated rings. The number of rotatable bonds is 4. The highest BCUT2D eigenvalue weighted by atomic mass is 35.5. The van der Waals surface area contributed by atoms with Crippen LogP contribution in [0.2, 0.25) is 10.0 Å². The van der Waals surface area contributed by atoms with Gasteiger partial charge in [-0.05, 0) is 36.4 Å². The summed E-state index contributed by atoms with van der Waals surface area (Å²) in [6.07, 6.45) is 0. The van der Waals surface area contributed by atoms with E-state index >= 15 is 0 Å². The second kappa shape index (κ2) is 7.82. The van der Waals surface area contributed by atoms with Crippen molar-refractivity contribution < 1.29 is 9.59 Å². The van der Waals surface area contributed by atoms with E-state index in [9.17, 15) is 9.59 Å². The molecule has 0 saturated carbocycles. The van der Waals surface area contributed by atoms with E-state index in [-0.39, 0.29) is 12.5 Å². The molecule has 0 spiro atoms. The molecule has 0 aliphatic rings. The quantitative estimate of drug-likeness (QED) is 0.898. The first kappa shape index (κ1) is 17.8. The fourth-order valence-corrected chi connectivity index (χ4v) is 2.60. The van der Waals surface area contributed by atoms with Crippen molar-refractivity contribution in [1.82, 2.24) is 0 Å². The summed E-state index contributed by atoms with van der Waals surface area (Å²) >= 11 is 11.9. The van der Waals surface area contributed by atoms with Gasteiger partial charge in [-0.3, -0.25) is 9.59 Å². The van der Waals surface area contributed by atoms with Gasteiger partial charge < -0.3 is 10.2 Å². The number of nitrogens with one attached hydrogen (secondary N) is 1. The summed E-state index contributed by atoms with van der Waals surface area (Å²) in [6.45, 7) is 1.14.